The second kappa shape index (κ2) is 19.0. The van der Waals surface area contributed by atoms with Gasteiger partial charge in [0, 0.05) is 24.5 Å². The number of rotatable bonds is 17. The predicted octanol–water partition coefficient (Wildman–Crippen LogP) is 5.88. The van der Waals surface area contributed by atoms with Gasteiger partial charge in [0.25, 0.3) is 0 Å². The molecule has 52 heavy (non-hydrogen) atoms. The quantitative estimate of drug-likeness (QED) is 0.105. The van der Waals surface area contributed by atoms with Gasteiger partial charge in [-0.3, -0.25) is 4.79 Å². The molecule has 0 radical (unpaired) electrons. The van der Waals surface area contributed by atoms with Crippen LogP contribution < -0.4 is 16.0 Å². The van der Waals surface area contributed by atoms with E-state index in [0.29, 0.717) is 25.1 Å². The van der Waals surface area contributed by atoms with Gasteiger partial charge in [-0.05, 0) is 61.1 Å². The van der Waals surface area contributed by atoms with Crippen LogP contribution in [0, 0.1) is 5.92 Å². The average molecular weight is 729 g/mol. The van der Waals surface area contributed by atoms with E-state index in [9.17, 15) is 19.5 Å². The van der Waals surface area contributed by atoms with Crippen molar-refractivity contribution in [1.82, 2.24) is 31.0 Å². The Bertz CT molecular complexity index is 1750. The average Bonchev–Trinajstić information content (AvgIpc) is 3.94. The summed E-state index contributed by atoms with van der Waals surface area (Å²) in [7, 11) is 1.68. The third kappa shape index (κ3) is 11.5. The third-order valence-electron chi connectivity index (χ3n) is 8.94. The maximum Gasteiger partial charge on any atom is 0.407 e. The Morgan fingerprint density at radius 1 is 0.981 bits per heavy atom. The Morgan fingerprint density at radius 2 is 1.69 bits per heavy atom. The zero-order chi connectivity index (χ0) is 36.9. The lowest BCUT2D eigenvalue weighted by atomic mass is 9.93. The molecule has 12 nitrogen and oxygen atoms in total. The van der Waals surface area contributed by atoms with Crippen LogP contribution in [0.1, 0.15) is 67.1 Å². The number of aliphatic hydroxyl groups is 1. The molecule has 4 atom stereocenters. The number of alkyl carbamates (subject to hydrolysis) is 1. The second-order valence-corrected chi connectivity index (χ2v) is 14.3. The number of nitrogens with zero attached hydrogens (tertiary/aromatic N) is 3. The zero-order valence-electron chi connectivity index (χ0n) is 29.9. The van der Waals surface area contributed by atoms with Crippen LogP contribution >= 0.6 is 11.3 Å². The minimum absolute atomic E-state index is 0.113. The maximum absolute atomic E-state index is 13.9. The molecule has 4 amide bonds. The van der Waals surface area contributed by atoms with E-state index in [1.807, 2.05) is 79.9 Å². The van der Waals surface area contributed by atoms with E-state index < -0.39 is 30.3 Å². The lowest BCUT2D eigenvalue weighted by Crippen LogP contribution is -2.55. The first kappa shape index (κ1) is 38.2. The van der Waals surface area contributed by atoms with Gasteiger partial charge in [-0.25, -0.2) is 14.6 Å². The summed E-state index contributed by atoms with van der Waals surface area (Å²) < 4.78 is 10.3. The fourth-order valence-corrected chi connectivity index (χ4v) is 7.00. The number of benzene rings is 2. The van der Waals surface area contributed by atoms with E-state index in [1.54, 1.807) is 24.5 Å². The van der Waals surface area contributed by atoms with E-state index >= 15 is 0 Å². The second-order valence-electron chi connectivity index (χ2n) is 13.5. The largest absolute Gasteiger partial charge is 0.441 e. The van der Waals surface area contributed by atoms with Crippen LogP contribution in [-0.2, 0) is 35.5 Å². The van der Waals surface area contributed by atoms with Gasteiger partial charge in [0.15, 0.2) is 12.4 Å². The summed E-state index contributed by atoms with van der Waals surface area (Å²) >= 11 is 1.58. The van der Waals surface area contributed by atoms with Gasteiger partial charge >= 0.3 is 12.1 Å². The lowest BCUT2D eigenvalue weighted by Gasteiger charge is -2.30. The summed E-state index contributed by atoms with van der Waals surface area (Å²) in [5.74, 6) is -0.215. The number of urea groups is 1. The first-order valence-corrected chi connectivity index (χ1v) is 18.6. The Balaban J connectivity index is 1.26. The highest BCUT2D eigenvalue weighted by molar-refractivity contribution is 7.10. The highest BCUT2D eigenvalue weighted by Gasteiger charge is 2.31. The molecule has 1 aliphatic carbocycles. The molecule has 0 bridgehead atoms. The highest BCUT2D eigenvalue weighted by atomic mass is 32.1. The van der Waals surface area contributed by atoms with Crippen LogP contribution in [0.5, 0.6) is 0 Å². The number of hydrogen-bond donors (Lipinski definition) is 4. The summed E-state index contributed by atoms with van der Waals surface area (Å²) in [5.41, 5.74) is 3.93. The fourth-order valence-electron chi connectivity index (χ4n) is 6.12. The molecular formula is C39H48N6O6S. The molecule has 4 aromatic rings. The van der Waals surface area contributed by atoms with Gasteiger partial charge in [0.05, 0.1) is 30.6 Å². The number of hydrogen-bond acceptors (Lipinski definition) is 9. The molecule has 0 spiro atoms. The van der Waals surface area contributed by atoms with Crippen LogP contribution in [0.25, 0.3) is 5.57 Å². The van der Waals surface area contributed by atoms with Crippen molar-refractivity contribution in [2.45, 2.75) is 89.8 Å². The number of amides is 4. The Hall–Kier alpha value is -5.01. The minimum atomic E-state index is -1.08. The summed E-state index contributed by atoms with van der Waals surface area (Å²) in [6.45, 7) is 3.93. The summed E-state index contributed by atoms with van der Waals surface area (Å²) in [4.78, 5) is 46.4. The SMILES string of the molecule is CC(C)[C@H](NC(=O)N(C)Cc1csc(C2=CCCC2)n1)C(=O)N[C@@H](Cc1ccccc1)C[C@H](O)[C@H](Cc1ccccc1)NC(=O)OCc1ccno1. The molecule has 5 rings (SSSR count). The molecular weight excluding hydrogens is 681 g/mol. The Morgan fingerprint density at radius 3 is 2.33 bits per heavy atom. The van der Waals surface area contributed by atoms with Crippen LogP contribution in [-0.4, -0.2) is 69.5 Å². The van der Waals surface area contributed by atoms with Crippen LogP contribution in [0.2, 0.25) is 0 Å². The number of aromatic nitrogens is 2. The predicted molar refractivity (Wildman–Crippen MR) is 199 cm³/mol. The van der Waals surface area contributed by atoms with E-state index in [0.717, 1.165) is 41.1 Å². The van der Waals surface area contributed by atoms with E-state index in [2.05, 4.69) is 27.2 Å². The monoisotopic (exact) mass is 728 g/mol. The number of nitrogens with one attached hydrogen (secondary N) is 3. The molecule has 1 aliphatic rings. The van der Waals surface area contributed by atoms with Gasteiger partial charge in [0.2, 0.25) is 5.91 Å². The van der Waals surface area contributed by atoms with Crippen molar-refractivity contribution >= 4 is 34.9 Å². The van der Waals surface area contributed by atoms with Crippen molar-refractivity contribution in [2.75, 3.05) is 7.05 Å². The number of allylic oxidation sites excluding steroid dienone is 2. The Labute approximate surface area is 308 Å². The topological polar surface area (TPSA) is 159 Å². The van der Waals surface area contributed by atoms with E-state index in [-0.39, 0.29) is 30.9 Å². The standard InChI is InChI=1S/C39H48N6O6S/c1-26(2)35(44-38(48)45(3)23-31-25-52-37(42-31)29-16-10-11-17-29)36(47)41-30(20-27-12-6-4-7-13-27)22-34(46)33(21-28-14-8-5-9-15-28)43-39(49)50-24-32-18-19-40-51-32/h4-9,12-16,18-19,25-26,30,33-35,46H,10-11,17,20-24H2,1-3H3,(H,41,47)(H,43,49)(H,44,48)/t30-,33-,34-,35-/m0/s1. The zero-order valence-corrected chi connectivity index (χ0v) is 30.7. The molecule has 2 heterocycles. The van der Waals surface area contributed by atoms with Gasteiger partial charge < -0.3 is 35.2 Å². The van der Waals surface area contributed by atoms with Crippen LogP contribution in [0.3, 0.4) is 0 Å². The molecule has 0 fully saturated rings. The fraction of sp³-hybridized carbons (Fsp3) is 0.410. The van der Waals surface area contributed by atoms with Gasteiger partial charge in [0.1, 0.15) is 11.0 Å². The number of aliphatic hydroxyl groups excluding tert-OH is 1. The molecule has 2 aromatic heterocycles. The van der Waals surface area contributed by atoms with Crippen molar-refractivity contribution in [3.63, 3.8) is 0 Å². The number of thiazole rings is 1. The van der Waals surface area contributed by atoms with Gasteiger partial charge in [-0.2, -0.15) is 0 Å². The number of carbonyl (C=O) groups excluding carboxylic acids is 3. The maximum atomic E-state index is 13.9. The molecule has 4 N–H and O–H groups in total. The van der Waals surface area contributed by atoms with Crippen molar-refractivity contribution in [3.8, 4) is 0 Å². The molecule has 2 aromatic carbocycles. The molecule has 276 valence electrons. The first-order chi connectivity index (χ1) is 25.1. The van der Waals surface area contributed by atoms with Crippen molar-refractivity contribution in [3.05, 3.63) is 112 Å². The van der Waals surface area contributed by atoms with Crippen molar-refractivity contribution in [2.24, 2.45) is 5.92 Å². The van der Waals surface area contributed by atoms with Gasteiger partial charge in [-0.1, -0.05) is 85.7 Å². The van der Waals surface area contributed by atoms with Gasteiger partial charge in [-0.15, -0.1) is 11.3 Å². The Kier molecular flexibility index (Phi) is 14.0. The van der Waals surface area contributed by atoms with E-state index in [4.69, 9.17) is 14.2 Å². The summed E-state index contributed by atoms with van der Waals surface area (Å²) in [6.07, 6.45) is 5.97. The first-order valence-electron chi connectivity index (χ1n) is 17.7. The lowest BCUT2D eigenvalue weighted by molar-refractivity contribution is -0.124. The van der Waals surface area contributed by atoms with Crippen molar-refractivity contribution < 1.29 is 28.8 Å². The summed E-state index contributed by atoms with van der Waals surface area (Å²) in [5, 5.41) is 27.1. The number of ether oxygens (including phenoxy) is 1. The van der Waals surface area contributed by atoms with E-state index in [1.165, 1.54) is 16.7 Å². The third-order valence-corrected chi connectivity index (χ3v) is 9.91. The molecule has 0 unspecified atom stereocenters. The smallest absolute Gasteiger partial charge is 0.407 e. The van der Waals surface area contributed by atoms with Crippen LogP contribution in [0.4, 0.5) is 9.59 Å². The number of carbonyl (C=O) groups is 3. The normalized spacial score (nSPS) is 14.9. The summed E-state index contributed by atoms with van der Waals surface area (Å²) in [6, 6.07) is 18.2. The molecule has 0 saturated carbocycles. The molecule has 0 aliphatic heterocycles. The minimum Gasteiger partial charge on any atom is -0.441 e. The van der Waals surface area contributed by atoms with Crippen molar-refractivity contribution in [1.29, 1.82) is 0 Å². The highest BCUT2D eigenvalue weighted by Crippen LogP contribution is 2.30. The molecule has 13 heteroatoms. The van der Waals surface area contributed by atoms with Crippen LogP contribution in [0.15, 0.2) is 88.9 Å². The molecule has 0 saturated heterocycles.